The summed E-state index contributed by atoms with van der Waals surface area (Å²) in [5.74, 6) is -6.99. The van der Waals surface area contributed by atoms with Crippen LogP contribution in [0.3, 0.4) is 0 Å². The molecule has 0 fully saturated rings. The van der Waals surface area contributed by atoms with Gasteiger partial charge in [0.1, 0.15) is 12.1 Å². The molecule has 0 aliphatic rings. The second kappa shape index (κ2) is 13.1. The Morgan fingerprint density at radius 1 is 0.903 bits per heavy atom. The Bertz CT molecular complexity index is 698. The molecule has 0 saturated carbocycles. The molecule has 176 valence electrons. The van der Waals surface area contributed by atoms with Crippen molar-refractivity contribution in [3.8, 4) is 0 Å². The molecule has 0 aliphatic carbocycles. The van der Waals surface area contributed by atoms with Crippen LogP contribution in [-0.4, -0.2) is 92.9 Å². The third-order valence-electron chi connectivity index (χ3n) is 3.91. The van der Waals surface area contributed by atoms with Crippen molar-refractivity contribution in [2.45, 2.75) is 56.5 Å². The van der Waals surface area contributed by atoms with Crippen molar-refractivity contribution >= 4 is 35.6 Å². The lowest BCUT2D eigenvalue weighted by atomic mass is 10.1. The van der Waals surface area contributed by atoms with E-state index in [1.807, 2.05) is 5.32 Å². The maximum atomic E-state index is 12.5. The summed E-state index contributed by atoms with van der Waals surface area (Å²) in [6, 6.07) is -6.39. The van der Waals surface area contributed by atoms with Gasteiger partial charge >= 0.3 is 11.9 Å². The highest BCUT2D eigenvalue weighted by Gasteiger charge is 2.31. The lowest BCUT2D eigenvalue weighted by Gasteiger charge is -2.24. The monoisotopic (exact) mass is 449 g/mol. The van der Waals surface area contributed by atoms with Crippen molar-refractivity contribution < 1.29 is 49.2 Å². The molecule has 0 bridgehead atoms. The Hall–Kier alpha value is -3.30. The predicted octanol–water partition coefficient (Wildman–Crippen LogP) is -5.03. The van der Waals surface area contributed by atoms with Gasteiger partial charge in [-0.05, 0) is 13.3 Å². The summed E-state index contributed by atoms with van der Waals surface area (Å²) in [4.78, 5) is 69.4. The summed E-state index contributed by atoms with van der Waals surface area (Å²) in [5, 5.41) is 42.6. The Morgan fingerprint density at radius 2 is 1.42 bits per heavy atom. The van der Waals surface area contributed by atoms with Crippen molar-refractivity contribution in [1.29, 1.82) is 0 Å². The molecule has 11 N–H and O–H groups in total. The highest BCUT2D eigenvalue weighted by Crippen LogP contribution is 2.02. The molecule has 4 amide bonds. The third-order valence-corrected chi connectivity index (χ3v) is 3.91. The molecule has 31 heavy (non-hydrogen) atoms. The van der Waals surface area contributed by atoms with Gasteiger partial charge in [0.2, 0.25) is 23.6 Å². The van der Waals surface area contributed by atoms with Crippen molar-refractivity contribution in [3.05, 3.63) is 0 Å². The second-order valence-electron chi connectivity index (χ2n) is 6.58. The molecule has 15 heteroatoms. The van der Waals surface area contributed by atoms with Crippen LogP contribution in [0.15, 0.2) is 0 Å². The number of nitrogens with two attached hydrogens (primary N) is 2. The van der Waals surface area contributed by atoms with E-state index in [4.69, 9.17) is 21.7 Å². The molecule has 0 aromatic rings. The number of amides is 4. The Morgan fingerprint density at radius 3 is 1.84 bits per heavy atom. The molecule has 0 radical (unpaired) electrons. The van der Waals surface area contributed by atoms with Crippen LogP contribution in [-0.2, 0) is 28.8 Å². The molecular weight excluding hydrogens is 422 g/mol. The van der Waals surface area contributed by atoms with Crippen molar-refractivity contribution in [2.75, 3.05) is 6.61 Å². The molecular formula is C16H27N5O10. The number of carboxylic acid groups (broad SMARTS) is 2. The molecule has 0 spiro atoms. The maximum absolute atomic E-state index is 12.5. The molecule has 5 unspecified atom stereocenters. The number of aliphatic carboxylic acids is 2. The highest BCUT2D eigenvalue weighted by atomic mass is 16.4. The number of aliphatic hydroxyl groups is 2. The van der Waals surface area contributed by atoms with E-state index in [-0.39, 0.29) is 12.8 Å². The number of rotatable bonds is 14. The standard InChI is InChI=1S/C16H27N5O10/c1-6(23)12(16(30)31)21-15(29)9(5-22)20-14(28)8(2-3-10(18)24)19-13(27)7(17)4-11(25)26/h6-9,12,22-23H,2-5,17H2,1H3,(H2,18,24)(H,19,27)(H,20,28)(H,21,29)(H,25,26)(H,30,31). The van der Waals surface area contributed by atoms with E-state index in [0.29, 0.717) is 0 Å². The van der Waals surface area contributed by atoms with Gasteiger partial charge in [-0.3, -0.25) is 24.0 Å². The SMILES string of the molecule is CC(O)C(NC(=O)C(CO)NC(=O)C(CCC(N)=O)NC(=O)C(N)CC(=O)O)C(=O)O. The smallest absolute Gasteiger partial charge is 0.328 e. The Labute approximate surface area is 176 Å². The lowest BCUT2D eigenvalue weighted by molar-refractivity contribution is -0.145. The minimum absolute atomic E-state index is 0.335. The lowest BCUT2D eigenvalue weighted by Crippen LogP contribution is -2.59. The largest absolute Gasteiger partial charge is 0.481 e. The summed E-state index contributed by atoms with van der Waals surface area (Å²) in [7, 11) is 0. The fourth-order valence-corrected chi connectivity index (χ4v) is 2.22. The van der Waals surface area contributed by atoms with E-state index in [2.05, 4.69) is 10.6 Å². The molecule has 0 aromatic carbocycles. The average Bonchev–Trinajstić information content (AvgIpc) is 2.65. The number of primary amides is 1. The minimum Gasteiger partial charge on any atom is -0.481 e. The second-order valence-corrected chi connectivity index (χ2v) is 6.58. The predicted molar refractivity (Wildman–Crippen MR) is 101 cm³/mol. The maximum Gasteiger partial charge on any atom is 0.328 e. The van der Waals surface area contributed by atoms with Crippen molar-refractivity contribution in [2.24, 2.45) is 11.5 Å². The average molecular weight is 449 g/mol. The fourth-order valence-electron chi connectivity index (χ4n) is 2.22. The summed E-state index contributed by atoms with van der Waals surface area (Å²) in [6.45, 7) is 0.125. The number of nitrogens with one attached hydrogen (secondary N) is 3. The molecule has 0 aliphatic heterocycles. The van der Waals surface area contributed by atoms with E-state index >= 15 is 0 Å². The number of carboxylic acids is 2. The number of hydrogen-bond acceptors (Lipinski definition) is 9. The molecule has 0 rings (SSSR count). The van der Waals surface area contributed by atoms with E-state index in [9.17, 15) is 39.0 Å². The van der Waals surface area contributed by atoms with E-state index < -0.39 is 78.9 Å². The summed E-state index contributed by atoms with van der Waals surface area (Å²) in [5.41, 5.74) is 10.4. The molecule has 0 heterocycles. The van der Waals surface area contributed by atoms with Crippen LogP contribution in [0.2, 0.25) is 0 Å². The number of carbonyl (C=O) groups is 6. The van der Waals surface area contributed by atoms with Crippen LogP contribution in [0, 0.1) is 0 Å². The van der Waals surface area contributed by atoms with Gasteiger partial charge in [0.05, 0.1) is 25.2 Å². The zero-order valence-corrected chi connectivity index (χ0v) is 16.6. The normalized spacial score (nSPS) is 15.5. The van der Waals surface area contributed by atoms with Gasteiger partial charge in [-0.2, -0.15) is 0 Å². The molecule has 0 saturated heterocycles. The van der Waals surface area contributed by atoms with Crippen LogP contribution in [0.4, 0.5) is 0 Å². The van der Waals surface area contributed by atoms with Crippen LogP contribution in [0.1, 0.15) is 26.2 Å². The van der Waals surface area contributed by atoms with Crippen LogP contribution < -0.4 is 27.4 Å². The van der Waals surface area contributed by atoms with Crippen molar-refractivity contribution in [1.82, 2.24) is 16.0 Å². The molecule has 5 atom stereocenters. The van der Waals surface area contributed by atoms with Crippen molar-refractivity contribution in [3.63, 3.8) is 0 Å². The van der Waals surface area contributed by atoms with Crippen LogP contribution in [0.25, 0.3) is 0 Å². The Kier molecular flexibility index (Phi) is 11.7. The zero-order chi connectivity index (χ0) is 24.3. The summed E-state index contributed by atoms with van der Waals surface area (Å²) >= 11 is 0. The molecule has 15 nitrogen and oxygen atoms in total. The first kappa shape index (κ1) is 27.7. The third kappa shape index (κ3) is 10.3. The zero-order valence-electron chi connectivity index (χ0n) is 16.6. The van der Waals surface area contributed by atoms with Crippen LogP contribution in [0.5, 0.6) is 0 Å². The number of hydrogen-bond donors (Lipinski definition) is 9. The quantitative estimate of drug-likeness (QED) is 0.121. The van der Waals surface area contributed by atoms with E-state index in [1.54, 1.807) is 0 Å². The van der Waals surface area contributed by atoms with Gasteiger partial charge in [-0.15, -0.1) is 0 Å². The first-order chi connectivity index (χ1) is 14.3. The van der Waals surface area contributed by atoms with Gasteiger partial charge in [0, 0.05) is 6.42 Å². The Balaban J connectivity index is 5.32. The highest BCUT2D eigenvalue weighted by molar-refractivity contribution is 5.95. The van der Waals surface area contributed by atoms with Gasteiger partial charge in [-0.25, -0.2) is 4.79 Å². The van der Waals surface area contributed by atoms with Gasteiger partial charge in [0.25, 0.3) is 0 Å². The van der Waals surface area contributed by atoms with E-state index in [1.165, 1.54) is 0 Å². The van der Waals surface area contributed by atoms with E-state index in [0.717, 1.165) is 6.92 Å². The molecule has 0 aromatic heterocycles. The van der Waals surface area contributed by atoms with Gasteiger partial charge in [-0.1, -0.05) is 0 Å². The first-order valence-electron chi connectivity index (χ1n) is 8.98. The van der Waals surface area contributed by atoms with Crippen LogP contribution >= 0.6 is 0 Å². The van der Waals surface area contributed by atoms with Gasteiger partial charge in [0.15, 0.2) is 6.04 Å². The first-order valence-corrected chi connectivity index (χ1v) is 8.98. The fraction of sp³-hybridized carbons (Fsp3) is 0.625. The minimum atomic E-state index is -1.72. The van der Waals surface area contributed by atoms with Gasteiger partial charge < -0.3 is 47.8 Å². The number of carbonyl (C=O) groups excluding carboxylic acids is 4. The summed E-state index contributed by atoms with van der Waals surface area (Å²) in [6.07, 6.45) is -2.94. The topological polar surface area (TPSA) is 271 Å². The number of aliphatic hydroxyl groups excluding tert-OH is 2. The summed E-state index contributed by atoms with van der Waals surface area (Å²) < 4.78 is 0.